The SMILES string of the molecule is Nc1ccn(C2CS(=O)C(CO)O2)c(=O)n1. The smallest absolute Gasteiger partial charge is 0.351 e. The third kappa shape index (κ3) is 1.99. The summed E-state index contributed by atoms with van der Waals surface area (Å²) in [7, 11) is -1.30. The van der Waals surface area contributed by atoms with Crippen LogP contribution in [0.15, 0.2) is 17.1 Å². The van der Waals surface area contributed by atoms with Crippen LogP contribution in [0.5, 0.6) is 0 Å². The monoisotopic (exact) mass is 245 g/mol. The van der Waals surface area contributed by atoms with Gasteiger partial charge in [0, 0.05) is 6.20 Å². The molecule has 7 nitrogen and oxygen atoms in total. The second-order valence-electron chi connectivity index (χ2n) is 3.29. The van der Waals surface area contributed by atoms with Crippen molar-refractivity contribution in [2.75, 3.05) is 18.1 Å². The third-order valence-corrected chi connectivity index (χ3v) is 3.68. The van der Waals surface area contributed by atoms with Crippen LogP contribution in [-0.4, -0.2) is 36.7 Å². The van der Waals surface area contributed by atoms with Gasteiger partial charge in [0.2, 0.25) is 0 Å². The van der Waals surface area contributed by atoms with E-state index in [-0.39, 0.29) is 18.2 Å². The highest BCUT2D eigenvalue weighted by Gasteiger charge is 2.33. The van der Waals surface area contributed by atoms with Crippen molar-refractivity contribution in [2.45, 2.75) is 11.7 Å². The Kier molecular flexibility index (Phi) is 3.03. The minimum atomic E-state index is -1.30. The molecular formula is C8H11N3O4S. The van der Waals surface area contributed by atoms with E-state index in [0.29, 0.717) is 0 Å². The third-order valence-electron chi connectivity index (χ3n) is 2.22. The van der Waals surface area contributed by atoms with E-state index in [2.05, 4.69) is 4.98 Å². The van der Waals surface area contributed by atoms with Crippen molar-refractivity contribution < 1.29 is 14.1 Å². The summed E-state index contributed by atoms with van der Waals surface area (Å²) in [6, 6.07) is 1.46. The first-order valence-corrected chi connectivity index (χ1v) is 5.98. The normalized spacial score (nSPS) is 29.4. The van der Waals surface area contributed by atoms with Gasteiger partial charge in [0.15, 0.2) is 11.7 Å². The Balaban J connectivity index is 2.27. The molecule has 1 fully saturated rings. The highest BCUT2D eigenvalue weighted by atomic mass is 32.2. The lowest BCUT2D eigenvalue weighted by Gasteiger charge is -2.12. The van der Waals surface area contributed by atoms with Crippen molar-refractivity contribution in [3.05, 3.63) is 22.7 Å². The average Bonchev–Trinajstić information content (AvgIpc) is 2.59. The van der Waals surface area contributed by atoms with Crippen LogP contribution >= 0.6 is 0 Å². The van der Waals surface area contributed by atoms with E-state index in [1.807, 2.05) is 0 Å². The van der Waals surface area contributed by atoms with E-state index in [4.69, 9.17) is 15.6 Å². The number of aliphatic hydroxyl groups excluding tert-OH is 1. The van der Waals surface area contributed by atoms with Gasteiger partial charge in [-0.25, -0.2) is 4.79 Å². The van der Waals surface area contributed by atoms with Crippen molar-refractivity contribution in [1.29, 1.82) is 0 Å². The number of hydrogen-bond donors (Lipinski definition) is 2. The Morgan fingerprint density at radius 2 is 2.50 bits per heavy atom. The molecule has 0 aliphatic carbocycles. The summed E-state index contributed by atoms with van der Waals surface area (Å²) >= 11 is 0. The number of aromatic nitrogens is 2. The molecule has 0 spiro atoms. The van der Waals surface area contributed by atoms with Crippen molar-refractivity contribution in [3.63, 3.8) is 0 Å². The molecule has 88 valence electrons. The molecule has 1 aromatic heterocycles. The van der Waals surface area contributed by atoms with Gasteiger partial charge in [0.1, 0.15) is 5.82 Å². The molecule has 0 saturated carbocycles. The van der Waals surface area contributed by atoms with Crippen LogP contribution in [0.1, 0.15) is 6.23 Å². The maximum Gasteiger partial charge on any atom is 0.351 e. The number of nitrogen functional groups attached to an aromatic ring is 1. The van der Waals surface area contributed by atoms with Crippen molar-refractivity contribution in [1.82, 2.24) is 9.55 Å². The minimum absolute atomic E-state index is 0.124. The predicted octanol–water partition coefficient (Wildman–Crippen LogP) is -1.58. The zero-order chi connectivity index (χ0) is 11.7. The molecule has 2 rings (SSSR count). The minimum Gasteiger partial charge on any atom is -0.393 e. The van der Waals surface area contributed by atoms with E-state index in [1.165, 1.54) is 16.8 Å². The number of nitrogens with zero attached hydrogens (tertiary/aromatic N) is 2. The maximum atomic E-state index is 11.5. The van der Waals surface area contributed by atoms with E-state index >= 15 is 0 Å². The highest BCUT2D eigenvalue weighted by Crippen LogP contribution is 2.22. The topological polar surface area (TPSA) is 107 Å². The molecule has 3 N–H and O–H groups in total. The second-order valence-corrected chi connectivity index (χ2v) is 4.91. The molecule has 8 heteroatoms. The fourth-order valence-corrected chi connectivity index (χ4v) is 2.59. The zero-order valence-electron chi connectivity index (χ0n) is 8.28. The molecule has 1 saturated heterocycles. The van der Waals surface area contributed by atoms with Gasteiger partial charge >= 0.3 is 5.69 Å². The van der Waals surface area contributed by atoms with E-state index < -0.39 is 28.2 Å². The van der Waals surface area contributed by atoms with Gasteiger partial charge in [-0.1, -0.05) is 0 Å². The number of anilines is 1. The molecular weight excluding hydrogens is 234 g/mol. The Bertz CT molecular complexity index is 475. The van der Waals surface area contributed by atoms with Crippen LogP contribution in [0.4, 0.5) is 5.82 Å². The molecule has 2 heterocycles. The van der Waals surface area contributed by atoms with Gasteiger partial charge < -0.3 is 15.6 Å². The lowest BCUT2D eigenvalue weighted by atomic mass is 10.5. The zero-order valence-corrected chi connectivity index (χ0v) is 9.09. The Morgan fingerprint density at radius 1 is 1.75 bits per heavy atom. The molecule has 1 aliphatic rings. The van der Waals surface area contributed by atoms with Gasteiger partial charge in [-0.15, -0.1) is 0 Å². The lowest BCUT2D eigenvalue weighted by Crippen LogP contribution is -2.28. The lowest BCUT2D eigenvalue weighted by molar-refractivity contribution is -0.00702. The molecule has 3 unspecified atom stereocenters. The van der Waals surface area contributed by atoms with Crippen LogP contribution in [0.25, 0.3) is 0 Å². The molecule has 0 bridgehead atoms. The van der Waals surface area contributed by atoms with Crippen molar-refractivity contribution in [2.24, 2.45) is 0 Å². The number of hydrogen-bond acceptors (Lipinski definition) is 6. The fourth-order valence-electron chi connectivity index (χ4n) is 1.44. The molecule has 0 aromatic carbocycles. The van der Waals surface area contributed by atoms with E-state index in [0.717, 1.165) is 0 Å². The molecule has 1 aliphatic heterocycles. The van der Waals surface area contributed by atoms with Gasteiger partial charge in [-0.3, -0.25) is 8.78 Å². The summed E-state index contributed by atoms with van der Waals surface area (Å²) in [5.74, 6) is 0.288. The van der Waals surface area contributed by atoms with Crippen LogP contribution in [-0.2, 0) is 15.5 Å². The Labute approximate surface area is 93.3 Å². The molecule has 1 aromatic rings. The summed E-state index contributed by atoms with van der Waals surface area (Å²) in [6.45, 7) is -0.333. The van der Waals surface area contributed by atoms with E-state index in [1.54, 1.807) is 0 Å². The van der Waals surface area contributed by atoms with Gasteiger partial charge in [-0.05, 0) is 6.07 Å². The summed E-state index contributed by atoms with van der Waals surface area (Å²) in [5, 5.41) is 8.87. The first-order chi connectivity index (χ1) is 7.61. The first kappa shape index (κ1) is 11.2. The highest BCUT2D eigenvalue weighted by molar-refractivity contribution is 7.85. The summed E-state index contributed by atoms with van der Waals surface area (Å²) < 4.78 is 17.9. The van der Waals surface area contributed by atoms with Crippen molar-refractivity contribution in [3.8, 4) is 0 Å². The van der Waals surface area contributed by atoms with Crippen LogP contribution in [0, 0.1) is 0 Å². The Hall–Kier alpha value is -1.25. The predicted molar refractivity (Wildman–Crippen MR) is 56.9 cm³/mol. The van der Waals surface area contributed by atoms with Gasteiger partial charge in [0.25, 0.3) is 0 Å². The van der Waals surface area contributed by atoms with E-state index in [9.17, 15) is 9.00 Å². The standard InChI is InChI=1S/C8H11N3O4S/c9-5-1-2-11(8(13)10-5)6-4-16(14)7(3-12)15-6/h1-2,6-7,12H,3-4H2,(H2,9,10,13). The fraction of sp³-hybridized carbons (Fsp3) is 0.500. The van der Waals surface area contributed by atoms with Crippen LogP contribution in [0.3, 0.4) is 0 Å². The number of nitrogens with two attached hydrogens (primary N) is 1. The quantitative estimate of drug-likeness (QED) is 0.651. The molecule has 0 amide bonds. The maximum absolute atomic E-state index is 11.5. The number of ether oxygens (including phenoxy) is 1. The van der Waals surface area contributed by atoms with Gasteiger partial charge in [0.05, 0.1) is 23.2 Å². The van der Waals surface area contributed by atoms with Crippen LogP contribution in [0.2, 0.25) is 0 Å². The Morgan fingerprint density at radius 3 is 3.06 bits per heavy atom. The van der Waals surface area contributed by atoms with Gasteiger partial charge in [-0.2, -0.15) is 4.98 Å². The first-order valence-electron chi connectivity index (χ1n) is 4.60. The largest absolute Gasteiger partial charge is 0.393 e. The van der Waals surface area contributed by atoms with Crippen LogP contribution < -0.4 is 11.4 Å². The summed E-state index contributed by atoms with van der Waals surface area (Å²) in [6.07, 6.45) is 0.783. The molecule has 3 atom stereocenters. The van der Waals surface area contributed by atoms with Crippen molar-refractivity contribution >= 4 is 16.6 Å². The molecule has 16 heavy (non-hydrogen) atoms. The second kappa shape index (κ2) is 4.32. The number of rotatable bonds is 2. The number of aliphatic hydroxyl groups is 1. The summed E-state index contributed by atoms with van der Waals surface area (Å²) in [4.78, 5) is 15.0. The molecule has 0 radical (unpaired) electrons. The summed E-state index contributed by atoms with van der Waals surface area (Å²) in [5.41, 5.74) is 4.05. The average molecular weight is 245 g/mol.